The average molecular weight is 319 g/mol. The van der Waals surface area contributed by atoms with Gasteiger partial charge in [-0.3, -0.25) is 9.59 Å². The van der Waals surface area contributed by atoms with Gasteiger partial charge in [-0.1, -0.05) is 11.3 Å². The van der Waals surface area contributed by atoms with Gasteiger partial charge in [0.05, 0.1) is 6.21 Å². The molecule has 0 aliphatic rings. The molecule has 0 unspecified atom stereocenters. The van der Waals surface area contributed by atoms with E-state index in [4.69, 9.17) is 5.11 Å². The van der Waals surface area contributed by atoms with Crippen LogP contribution >= 0.6 is 11.3 Å². The van der Waals surface area contributed by atoms with Gasteiger partial charge in [0.2, 0.25) is 16.9 Å². The van der Waals surface area contributed by atoms with Crippen molar-refractivity contribution >= 4 is 34.5 Å². The van der Waals surface area contributed by atoms with E-state index in [1.807, 2.05) is 0 Å². The van der Waals surface area contributed by atoms with E-state index in [-0.39, 0.29) is 30.4 Å². The Morgan fingerprint density at radius 1 is 1.23 bits per heavy atom. The molecule has 2 rings (SSSR count). The van der Waals surface area contributed by atoms with Crippen LogP contribution in [0.25, 0.3) is 0 Å². The van der Waals surface area contributed by atoms with Gasteiger partial charge in [-0.2, -0.15) is 5.10 Å². The minimum Gasteiger partial charge on any atom is -0.508 e. The molecule has 0 fully saturated rings. The Morgan fingerprint density at radius 3 is 2.64 bits per heavy atom. The van der Waals surface area contributed by atoms with Crippen LogP contribution < -0.4 is 10.7 Å². The number of phenols is 1. The predicted molar refractivity (Wildman–Crippen MR) is 81.6 cm³/mol. The van der Waals surface area contributed by atoms with Gasteiger partial charge in [-0.05, 0) is 29.8 Å². The molecule has 0 atom stereocenters. The van der Waals surface area contributed by atoms with Gasteiger partial charge in [0, 0.05) is 12.8 Å². The van der Waals surface area contributed by atoms with Gasteiger partial charge < -0.3 is 10.4 Å². The standard InChI is InChI=1S/C13H13N5O3S/c19-10-3-1-9(2-4-10)7-14-17-12(21)6-5-11(20)16-13-18-15-8-22-13/h1-4,7-8,19H,5-6H2,(H,17,21)(H,16,18,20)/b14-7+. The highest BCUT2D eigenvalue weighted by Crippen LogP contribution is 2.09. The van der Waals surface area contributed by atoms with Crippen LogP contribution in [0, 0.1) is 0 Å². The van der Waals surface area contributed by atoms with Crippen molar-refractivity contribution in [1.82, 2.24) is 15.6 Å². The Kier molecular flexibility index (Phi) is 5.55. The van der Waals surface area contributed by atoms with E-state index in [9.17, 15) is 9.59 Å². The van der Waals surface area contributed by atoms with Crippen molar-refractivity contribution in [1.29, 1.82) is 0 Å². The molecular formula is C13H13N5O3S. The molecule has 0 aliphatic heterocycles. The van der Waals surface area contributed by atoms with E-state index >= 15 is 0 Å². The lowest BCUT2D eigenvalue weighted by Gasteiger charge is -2.00. The van der Waals surface area contributed by atoms with E-state index in [1.54, 1.807) is 12.1 Å². The first-order valence-corrected chi connectivity index (χ1v) is 7.18. The van der Waals surface area contributed by atoms with Crippen LogP contribution in [-0.4, -0.2) is 33.3 Å². The summed E-state index contributed by atoms with van der Waals surface area (Å²) >= 11 is 1.20. The number of carbonyl (C=O) groups is 2. The number of amides is 2. The summed E-state index contributed by atoms with van der Waals surface area (Å²) in [5.74, 6) is -0.528. The Balaban J connectivity index is 1.69. The highest BCUT2D eigenvalue weighted by Gasteiger charge is 2.07. The number of nitrogens with one attached hydrogen (secondary N) is 2. The maximum absolute atomic E-state index is 11.5. The first kappa shape index (κ1) is 15.6. The second-order valence-corrected chi connectivity index (χ2v) is 5.01. The molecule has 3 N–H and O–H groups in total. The molecule has 114 valence electrons. The van der Waals surface area contributed by atoms with Crippen LogP contribution in [0.2, 0.25) is 0 Å². The van der Waals surface area contributed by atoms with Gasteiger partial charge in [-0.25, -0.2) is 5.43 Å². The van der Waals surface area contributed by atoms with Crippen molar-refractivity contribution in [2.75, 3.05) is 5.32 Å². The van der Waals surface area contributed by atoms with Gasteiger partial charge in [0.1, 0.15) is 11.3 Å². The average Bonchev–Trinajstić information content (AvgIpc) is 3.00. The molecule has 0 saturated carbocycles. The Morgan fingerprint density at radius 2 is 1.95 bits per heavy atom. The van der Waals surface area contributed by atoms with E-state index in [0.717, 1.165) is 5.56 Å². The lowest BCUT2D eigenvalue weighted by atomic mass is 10.2. The summed E-state index contributed by atoms with van der Waals surface area (Å²) in [6.07, 6.45) is 1.48. The molecule has 22 heavy (non-hydrogen) atoms. The minimum absolute atomic E-state index is 0.0115. The molecule has 9 heteroatoms. The summed E-state index contributed by atoms with van der Waals surface area (Å²) in [5, 5.41) is 23.1. The van der Waals surface area contributed by atoms with Crippen LogP contribution in [0.15, 0.2) is 34.9 Å². The normalized spacial score (nSPS) is 10.5. The number of benzene rings is 1. The van der Waals surface area contributed by atoms with Gasteiger partial charge in [0.25, 0.3) is 0 Å². The molecule has 0 bridgehead atoms. The number of hydrogen-bond donors (Lipinski definition) is 3. The molecular weight excluding hydrogens is 306 g/mol. The zero-order valence-electron chi connectivity index (χ0n) is 11.4. The molecule has 0 radical (unpaired) electrons. The summed E-state index contributed by atoms with van der Waals surface area (Å²) in [4.78, 5) is 23.1. The molecule has 1 aromatic heterocycles. The zero-order chi connectivity index (χ0) is 15.8. The van der Waals surface area contributed by atoms with Crippen LogP contribution in [0.1, 0.15) is 18.4 Å². The number of aromatic hydroxyl groups is 1. The summed E-state index contributed by atoms with van der Waals surface area (Å²) < 4.78 is 0. The largest absolute Gasteiger partial charge is 0.508 e. The molecule has 8 nitrogen and oxygen atoms in total. The first-order chi connectivity index (χ1) is 10.6. The number of aromatic nitrogens is 2. The summed E-state index contributed by atoms with van der Waals surface area (Å²) in [5.41, 5.74) is 4.55. The Labute approximate surface area is 129 Å². The van der Waals surface area contributed by atoms with Crippen molar-refractivity contribution in [2.24, 2.45) is 5.10 Å². The van der Waals surface area contributed by atoms with Gasteiger partial charge in [0.15, 0.2) is 0 Å². The number of anilines is 1. The second-order valence-electron chi connectivity index (χ2n) is 4.18. The summed E-state index contributed by atoms with van der Waals surface area (Å²) in [6, 6.07) is 6.34. The summed E-state index contributed by atoms with van der Waals surface area (Å²) in [6.45, 7) is 0. The fourth-order valence-electron chi connectivity index (χ4n) is 1.43. The molecule has 1 heterocycles. The topological polar surface area (TPSA) is 117 Å². The molecule has 2 amide bonds. The minimum atomic E-state index is -0.373. The smallest absolute Gasteiger partial charge is 0.240 e. The van der Waals surface area contributed by atoms with Crippen molar-refractivity contribution in [3.63, 3.8) is 0 Å². The number of nitrogens with zero attached hydrogens (tertiary/aromatic N) is 3. The fourth-order valence-corrected chi connectivity index (χ4v) is 1.89. The van der Waals surface area contributed by atoms with Crippen molar-refractivity contribution < 1.29 is 14.7 Å². The van der Waals surface area contributed by atoms with Gasteiger partial charge in [-0.15, -0.1) is 10.2 Å². The SMILES string of the molecule is O=C(CCC(=O)Nc1nncs1)N/N=C/c1ccc(O)cc1. The molecule has 2 aromatic rings. The third kappa shape index (κ3) is 5.29. The lowest BCUT2D eigenvalue weighted by Crippen LogP contribution is -2.20. The summed E-state index contributed by atoms with van der Waals surface area (Å²) in [7, 11) is 0. The number of phenolic OH excluding ortho intramolecular Hbond substituents is 1. The maximum atomic E-state index is 11.5. The van der Waals surface area contributed by atoms with Crippen LogP contribution in [0.3, 0.4) is 0 Å². The molecule has 0 aliphatic carbocycles. The van der Waals surface area contributed by atoms with Gasteiger partial charge >= 0.3 is 0 Å². The number of hydrazone groups is 1. The van der Waals surface area contributed by atoms with Crippen molar-refractivity contribution in [3.8, 4) is 5.75 Å². The second kappa shape index (κ2) is 7.84. The van der Waals surface area contributed by atoms with Crippen LogP contribution in [0.4, 0.5) is 5.13 Å². The van der Waals surface area contributed by atoms with E-state index < -0.39 is 0 Å². The van der Waals surface area contributed by atoms with E-state index in [1.165, 1.54) is 35.2 Å². The first-order valence-electron chi connectivity index (χ1n) is 6.30. The van der Waals surface area contributed by atoms with Crippen molar-refractivity contribution in [3.05, 3.63) is 35.3 Å². The highest BCUT2D eigenvalue weighted by molar-refractivity contribution is 7.13. The predicted octanol–water partition coefficient (Wildman–Crippen LogP) is 1.11. The van der Waals surface area contributed by atoms with E-state index in [0.29, 0.717) is 5.13 Å². The third-order valence-electron chi connectivity index (χ3n) is 2.48. The number of carbonyl (C=O) groups excluding carboxylic acids is 2. The molecule has 0 saturated heterocycles. The zero-order valence-corrected chi connectivity index (χ0v) is 12.2. The lowest BCUT2D eigenvalue weighted by molar-refractivity contribution is -0.124. The molecule has 0 spiro atoms. The number of hydrogen-bond acceptors (Lipinski definition) is 7. The maximum Gasteiger partial charge on any atom is 0.240 e. The van der Waals surface area contributed by atoms with Crippen LogP contribution in [0.5, 0.6) is 5.75 Å². The highest BCUT2D eigenvalue weighted by atomic mass is 32.1. The van der Waals surface area contributed by atoms with Crippen LogP contribution in [-0.2, 0) is 9.59 Å². The molecule has 1 aromatic carbocycles. The fraction of sp³-hybridized carbons (Fsp3) is 0.154. The third-order valence-corrected chi connectivity index (χ3v) is 3.09. The number of rotatable bonds is 6. The quantitative estimate of drug-likeness (QED) is 0.545. The van der Waals surface area contributed by atoms with Crippen molar-refractivity contribution in [2.45, 2.75) is 12.8 Å². The monoisotopic (exact) mass is 319 g/mol. The Bertz CT molecular complexity index is 655. The Hall–Kier alpha value is -2.81. The van der Waals surface area contributed by atoms with E-state index in [2.05, 4.69) is 26.0 Å².